The Morgan fingerprint density at radius 1 is 0.292 bits per heavy atom. The summed E-state index contributed by atoms with van der Waals surface area (Å²) >= 11 is 0. The third kappa shape index (κ3) is 53.0. The molecule has 1 atom stereocenters. The molecule has 0 aromatic heterocycles. The highest BCUT2D eigenvalue weighted by molar-refractivity contribution is 5.71. The molecule has 0 aliphatic rings. The molecule has 384 valence electrons. The molecule has 0 aliphatic carbocycles. The van der Waals surface area contributed by atoms with Crippen LogP contribution >= 0.6 is 0 Å². The van der Waals surface area contributed by atoms with Gasteiger partial charge in [0.2, 0.25) is 0 Å². The van der Waals surface area contributed by atoms with Crippen LogP contribution in [0.5, 0.6) is 0 Å². The molecule has 0 aromatic rings. The summed E-state index contributed by atoms with van der Waals surface area (Å²) in [7, 11) is 0. The summed E-state index contributed by atoms with van der Waals surface area (Å²) in [5, 5.41) is 0. The van der Waals surface area contributed by atoms with Gasteiger partial charge in [0.1, 0.15) is 13.2 Å². The van der Waals surface area contributed by atoms with Crippen LogP contribution in [-0.2, 0) is 28.6 Å². The Bertz CT molecular complexity index is 1010. The van der Waals surface area contributed by atoms with Gasteiger partial charge in [-0.1, -0.05) is 277 Å². The van der Waals surface area contributed by atoms with Gasteiger partial charge in [0, 0.05) is 19.3 Å². The molecule has 0 saturated carbocycles. The van der Waals surface area contributed by atoms with E-state index in [0.29, 0.717) is 19.3 Å². The summed E-state index contributed by atoms with van der Waals surface area (Å²) in [5.41, 5.74) is 0. The lowest BCUT2D eigenvalue weighted by Gasteiger charge is -2.18. The highest BCUT2D eigenvalue weighted by atomic mass is 16.6. The van der Waals surface area contributed by atoms with Gasteiger partial charge in [-0.3, -0.25) is 14.4 Å². The maximum Gasteiger partial charge on any atom is 0.306 e. The number of carbonyl (C=O) groups excluding carboxylic acids is 3. The van der Waals surface area contributed by atoms with Crippen molar-refractivity contribution in [2.45, 2.75) is 335 Å². The average molecular weight is 918 g/mol. The quantitative estimate of drug-likeness (QED) is 0.0262. The fraction of sp³-hybridized carbons (Fsp3) is 0.915. The molecule has 6 nitrogen and oxygen atoms in total. The second-order valence-corrected chi connectivity index (χ2v) is 19.9. The molecule has 0 radical (unpaired) electrons. The molecule has 0 aromatic carbocycles. The van der Waals surface area contributed by atoms with Crippen LogP contribution in [0.2, 0.25) is 0 Å². The number of ether oxygens (including phenoxy) is 3. The van der Waals surface area contributed by atoms with E-state index in [1.54, 1.807) is 0 Å². The molecule has 0 spiro atoms. The van der Waals surface area contributed by atoms with Crippen molar-refractivity contribution in [1.82, 2.24) is 0 Å². The first-order valence-electron chi connectivity index (χ1n) is 29.2. The molecule has 0 fully saturated rings. The normalized spacial score (nSPS) is 12.0. The van der Waals surface area contributed by atoms with E-state index in [2.05, 4.69) is 32.9 Å². The molecule has 0 amide bonds. The Kier molecular flexibility index (Phi) is 53.2. The van der Waals surface area contributed by atoms with Crippen molar-refractivity contribution in [3.8, 4) is 0 Å². The third-order valence-corrected chi connectivity index (χ3v) is 13.3. The van der Waals surface area contributed by atoms with Crippen LogP contribution in [0.3, 0.4) is 0 Å². The first-order chi connectivity index (χ1) is 32.0. The smallest absolute Gasteiger partial charge is 0.306 e. The van der Waals surface area contributed by atoms with E-state index in [1.807, 2.05) is 0 Å². The van der Waals surface area contributed by atoms with Gasteiger partial charge in [-0.2, -0.15) is 0 Å². The zero-order valence-corrected chi connectivity index (χ0v) is 44.0. The summed E-state index contributed by atoms with van der Waals surface area (Å²) < 4.78 is 16.9. The number of unbranched alkanes of at least 4 members (excludes halogenated alkanes) is 41. The van der Waals surface area contributed by atoms with Crippen LogP contribution in [0.25, 0.3) is 0 Å². The van der Waals surface area contributed by atoms with E-state index in [1.165, 1.54) is 225 Å². The SMILES string of the molecule is CCCCCCCCC/C=C\CCCCCC(=O)OCC(COC(=O)CCCCCCCCCCCCCCCCCCCC)OC(=O)CCCCCCCCCCCCCCCCC. The van der Waals surface area contributed by atoms with Crippen molar-refractivity contribution >= 4 is 17.9 Å². The standard InChI is InChI=1S/C59H112O6/c1-4-7-10-13-16-19-22-25-28-29-30-32-34-37-40-43-46-49-52-58(61)64-55-56(54-63-57(60)51-48-45-42-39-36-33-27-24-21-18-15-12-9-6-3)65-59(62)53-50-47-44-41-38-35-31-26-23-20-17-14-11-8-5-2/h33,36,56H,4-32,34-35,37-55H2,1-3H3/b36-33-. The number of rotatable bonds is 54. The van der Waals surface area contributed by atoms with Gasteiger partial charge >= 0.3 is 17.9 Å². The lowest BCUT2D eigenvalue weighted by atomic mass is 10.0. The molecule has 0 saturated heterocycles. The van der Waals surface area contributed by atoms with Gasteiger partial charge < -0.3 is 14.2 Å². The second kappa shape index (κ2) is 54.8. The third-order valence-electron chi connectivity index (χ3n) is 13.3. The van der Waals surface area contributed by atoms with Gasteiger partial charge in [0.05, 0.1) is 0 Å². The molecule has 0 aliphatic heterocycles. The Morgan fingerprint density at radius 3 is 0.785 bits per heavy atom. The fourth-order valence-electron chi connectivity index (χ4n) is 8.85. The average Bonchev–Trinajstić information content (AvgIpc) is 3.30. The summed E-state index contributed by atoms with van der Waals surface area (Å²) in [5.74, 6) is -0.860. The Balaban J connectivity index is 4.31. The van der Waals surface area contributed by atoms with Crippen molar-refractivity contribution in [1.29, 1.82) is 0 Å². The van der Waals surface area contributed by atoms with Crippen LogP contribution in [0, 0.1) is 0 Å². The summed E-state index contributed by atoms with van der Waals surface area (Å²) in [6.07, 6.45) is 62.0. The summed E-state index contributed by atoms with van der Waals surface area (Å²) in [4.78, 5) is 38.1. The highest BCUT2D eigenvalue weighted by Crippen LogP contribution is 2.17. The topological polar surface area (TPSA) is 78.9 Å². The number of hydrogen-bond donors (Lipinski definition) is 0. The Hall–Kier alpha value is -1.85. The molecular formula is C59H112O6. The molecular weight excluding hydrogens is 805 g/mol. The molecule has 0 N–H and O–H groups in total. The zero-order chi connectivity index (χ0) is 47.2. The number of hydrogen-bond acceptors (Lipinski definition) is 6. The van der Waals surface area contributed by atoms with Gasteiger partial charge in [-0.15, -0.1) is 0 Å². The lowest BCUT2D eigenvalue weighted by molar-refractivity contribution is -0.167. The maximum atomic E-state index is 12.8. The molecule has 0 bridgehead atoms. The van der Waals surface area contributed by atoms with E-state index >= 15 is 0 Å². The van der Waals surface area contributed by atoms with Crippen LogP contribution < -0.4 is 0 Å². The molecule has 1 unspecified atom stereocenters. The van der Waals surface area contributed by atoms with E-state index in [4.69, 9.17) is 14.2 Å². The minimum atomic E-state index is -0.770. The summed E-state index contributed by atoms with van der Waals surface area (Å²) in [6, 6.07) is 0. The number of esters is 3. The zero-order valence-electron chi connectivity index (χ0n) is 44.0. The molecule has 65 heavy (non-hydrogen) atoms. The molecule has 6 heteroatoms. The Labute approximate surface area is 405 Å². The van der Waals surface area contributed by atoms with Gasteiger partial charge in [-0.05, 0) is 44.9 Å². The monoisotopic (exact) mass is 917 g/mol. The largest absolute Gasteiger partial charge is 0.462 e. The number of carbonyl (C=O) groups is 3. The van der Waals surface area contributed by atoms with Crippen LogP contribution in [0.4, 0.5) is 0 Å². The van der Waals surface area contributed by atoms with Crippen molar-refractivity contribution in [2.24, 2.45) is 0 Å². The van der Waals surface area contributed by atoms with Crippen LogP contribution in [0.15, 0.2) is 12.2 Å². The second-order valence-electron chi connectivity index (χ2n) is 19.9. The molecule has 0 heterocycles. The van der Waals surface area contributed by atoms with E-state index in [-0.39, 0.29) is 31.1 Å². The Morgan fingerprint density at radius 2 is 0.508 bits per heavy atom. The maximum absolute atomic E-state index is 12.8. The van der Waals surface area contributed by atoms with Crippen molar-refractivity contribution in [3.63, 3.8) is 0 Å². The minimum absolute atomic E-state index is 0.0685. The van der Waals surface area contributed by atoms with Crippen molar-refractivity contribution in [2.75, 3.05) is 13.2 Å². The van der Waals surface area contributed by atoms with Gasteiger partial charge in [0.25, 0.3) is 0 Å². The first kappa shape index (κ1) is 63.1. The fourth-order valence-corrected chi connectivity index (χ4v) is 8.85. The van der Waals surface area contributed by atoms with E-state index in [0.717, 1.165) is 64.2 Å². The first-order valence-corrected chi connectivity index (χ1v) is 29.2. The number of allylic oxidation sites excluding steroid dienone is 2. The lowest BCUT2D eigenvalue weighted by Crippen LogP contribution is -2.30. The minimum Gasteiger partial charge on any atom is -0.462 e. The van der Waals surface area contributed by atoms with Crippen molar-refractivity contribution < 1.29 is 28.6 Å². The van der Waals surface area contributed by atoms with Crippen molar-refractivity contribution in [3.05, 3.63) is 12.2 Å². The predicted molar refractivity (Wildman–Crippen MR) is 280 cm³/mol. The van der Waals surface area contributed by atoms with Crippen LogP contribution in [-0.4, -0.2) is 37.2 Å². The van der Waals surface area contributed by atoms with Crippen LogP contribution in [0.1, 0.15) is 329 Å². The van der Waals surface area contributed by atoms with E-state index < -0.39 is 6.10 Å². The molecule has 0 rings (SSSR count). The predicted octanol–water partition coefficient (Wildman–Crippen LogP) is 19.3. The van der Waals surface area contributed by atoms with Gasteiger partial charge in [-0.25, -0.2) is 0 Å². The van der Waals surface area contributed by atoms with Gasteiger partial charge in [0.15, 0.2) is 6.10 Å². The summed E-state index contributed by atoms with van der Waals surface area (Å²) in [6.45, 7) is 6.68. The highest BCUT2D eigenvalue weighted by Gasteiger charge is 2.19. The van der Waals surface area contributed by atoms with E-state index in [9.17, 15) is 14.4 Å².